The second-order valence-electron chi connectivity index (χ2n) is 4.41. The van der Waals surface area contributed by atoms with Gasteiger partial charge in [-0.1, -0.05) is 15.9 Å². The van der Waals surface area contributed by atoms with E-state index in [1.807, 2.05) is 0 Å². The molecule has 0 amide bonds. The summed E-state index contributed by atoms with van der Waals surface area (Å²) in [6.07, 6.45) is -4.36. The molecule has 0 spiro atoms. The molecule has 1 nitrogen and oxygen atoms in total. The molecule has 1 aromatic rings. The van der Waals surface area contributed by atoms with Gasteiger partial charge < -0.3 is 5.32 Å². The maximum Gasteiger partial charge on any atom is 0.389 e. The second-order valence-corrected chi connectivity index (χ2v) is 5.33. The van der Waals surface area contributed by atoms with Gasteiger partial charge >= 0.3 is 6.18 Å². The van der Waals surface area contributed by atoms with Crippen LogP contribution < -0.4 is 5.32 Å². The molecule has 0 fully saturated rings. The lowest BCUT2D eigenvalue weighted by molar-refractivity contribution is -0.135. The number of rotatable bonds is 6. The van der Waals surface area contributed by atoms with Crippen molar-refractivity contribution in [3.8, 4) is 0 Å². The Morgan fingerprint density at radius 2 is 1.95 bits per heavy atom. The van der Waals surface area contributed by atoms with Gasteiger partial charge in [-0.05, 0) is 44.5 Å². The molecule has 1 N–H and O–H groups in total. The molecule has 0 heterocycles. The third-order valence-electron chi connectivity index (χ3n) is 2.76. The number of unbranched alkanes of at least 4 members (excludes halogenated alkanes) is 1. The Hall–Kier alpha value is -0.620. The van der Waals surface area contributed by atoms with Gasteiger partial charge in [0.05, 0.1) is 0 Å². The van der Waals surface area contributed by atoms with Crippen LogP contribution in [0, 0.1) is 5.82 Å². The maximum atomic E-state index is 13.5. The Balaban J connectivity index is 2.35. The van der Waals surface area contributed by atoms with Crippen molar-refractivity contribution in [3.63, 3.8) is 0 Å². The van der Waals surface area contributed by atoms with E-state index in [4.69, 9.17) is 0 Å². The second kappa shape index (κ2) is 7.24. The molecule has 19 heavy (non-hydrogen) atoms. The summed E-state index contributed by atoms with van der Waals surface area (Å²) in [6.45, 7) is 2.22. The Kier molecular flexibility index (Phi) is 6.26. The van der Waals surface area contributed by atoms with Crippen LogP contribution >= 0.6 is 15.9 Å². The predicted octanol–water partition coefficient (Wildman–Crippen LogP) is 4.97. The van der Waals surface area contributed by atoms with Gasteiger partial charge in [0.15, 0.2) is 0 Å². The minimum Gasteiger partial charge on any atom is -0.310 e. The lowest BCUT2D eigenvalue weighted by Gasteiger charge is -2.15. The average molecular weight is 342 g/mol. The van der Waals surface area contributed by atoms with E-state index < -0.39 is 12.6 Å². The molecule has 6 heteroatoms. The van der Waals surface area contributed by atoms with Gasteiger partial charge in [-0.2, -0.15) is 13.2 Å². The third-order valence-corrected chi connectivity index (χ3v) is 3.26. The van der Waals surface area contributed by atoms with Gasteiger partial charge in [0.1, 0.15) is 5.82 Å². The van der Waals surface area contributed by atoms with E-state index in [1.165, 1.54) is 6.07 Å². The molecular formula is C13H16BrF4N. The summed E-state index contributed by atoms with van der Waals surface area (Å²) in [5.74, 6) is -0.321. The summed E-state index contributed by atoms with van der Waals surface area (Å²) < 4.78 is 50.1. The molecule has 1 rings (SSSR count). The Labute approximate surface area is 118 Å². The van der Waals surface area contributed by atoms with Crippen molar-refractivity contribution in [2.45, 2.75) is 38.4 Å². The van der Waals surface area contributed by atoms with Gasteiger partial charge in [-0.25, -0.2) is 4.39 Å². The van der Waals surface area contributed by atoms with Gasteiger partial charge in [-0.15, -0.1) is 0 Å². The summed E-state index contributed by atoms with van der Waals surface area (Å²) in [5, 5.41) is 3.03. The van der Waals surface area contributed by atoms with E-state index in [9.17, 15) is 17.6 Å². The first kappa shape index (κ1) is 16.4. The zero-order chi connectivity index (χ0) is 14.5. The average Bonchev–Trinajstić information content (AvgIpc) is 2.30. The van der Waals surface area contributed by atoms with E-state index >= 15 is 0 Å². The summed E-state index contributed by atoms with van der Waals surface area (Å²) in [6, 6.07) is 4.40. The van der Waals surface area contributed by atoms with Crippen molar-refractivity contribution < 1.29 is 17.6 Å². The van der Waals surface area contributed by atoms with Crippen LogP contribution in [-0.2, 0) is 0 Å². The number of benzene rings is 1. The normalized spacial score (nSPS) is 13.6. The maximum absolute atomic E-state index is 13.5. The van der Waals surface area contributed by atoms with E-state index in [-0.39, 0.29) is 18.3 Å². The monoisotopic (exact) mass is 341 g/mol. The fourth-order valence-electron chi connectivity index (χ4n) is 1.73. The van der Waals surface area contributed by atoms with Crippen LogP contribution in [0.4, 0.5) is 17.6 Å². The summed E-state index contributed by atoms with van der Waals surface area (Å²) in [5.41, 5.74) is 0.505. The standard InChI is InChI=1S/C13H16BrF4N/c1-9(11-8-10(14)4-5-12(11)15)19-7-3-2-6-13(16,17)18/h4-5,8-9,19H,2-3,6-7H2,1H3. The quantitative estimate of drug-likeness (QED) is 0.568. The first-order valence-corrected chi connectivity index (χ1v) is 6.84. The van der Waals surface area contributed by atoms with Crippen LogP contribution in [0.15, 0.2) is 22.7 Å². The first-order valence-electron chi connectivity index (χ1n) is 6.04. The third kappa shape index (κ3) is 6.38. The summed E-state index contributed by atoms with van der Waals surface area (Å²) in [7, 11) is 0. The van der Waals surface area contributed by atoms with Crippen LogP contribution in [0.1, 0.15) is 37.8 Å². The lowest BCUT2D eigenvalue weighted by atomic mass is 10.1. The minimum absolute atomic E-state index is 0.0875. The van der Waals surface area contributed by atoms with Crippen molar-refractivity contribution in [1.29, 1.82) is 0 Å². The fourth-order valence-corrected chi connectivity index (χ4v) is 2.10. The van der Waals surface area contributed by atoms with Crippen molar-refractivity contribution >= 4 is 15.9 Å². The molecule has 1 atom stereocenters. The Morgan fingerprint density at radius 1 is 1.26 bits per heavy atom. The minimum atomic E-state index is -4.10. The number of hydrogen-bond acceptors (Lipinski definition) is 1. The van der Waals surface area contributed by atoms with Gasteiger partial charge in [0.25, 0.3) is 0 Å². The largest absolute Gasteiger partial charge is 0.389 e. The molecule has 0 saturated heterocycles. The molecule has 108 valence electrons. The summed E-state index contributed by atoms with van der Waals surface area (Å²) in [4.78, 5) is 0. The number of hydrogen-bond donors (Lipinski definition) is 1. The first-order chi connectivity index (χ1) is 8.79. The topological polar surface area (TPSA) is 12.0 Å². The van der Waals surface area contributed by atoms with Crippen molar-refractivity contribution in [2.75, 3.05) is 6.54 Å². The van der Waals surface area contributed by atoms with Crippen molar-refractivity contribution in [2.24, 2.45) is 0 Å². The molecule has 0 saturated carbocycles. The molecule has 1 aromatic carbocycles. The zero-order valence-corrected chi connectivity index (χ0v) is 12.1. The van der Waals surface area contributed by atoms with Crippen LogP contribution in [0.5, 0.6) is 0 Å². The molecule has 0 aliphatic heterocycles. The molecule has 0 bridgehead atoms. The highest BCUT2D eigenvalue weighted by Gasteiger charge is 2.25. The Morgan fingerprint density at radius 3 is 2.58 bits per heavy atom. The van der Waals surface area contributed by atoms with E-state index in [2.05, 4.69) is 21.2 Å². The zero-order valence-electron chi connectivity index (χ0n) is 10.5. The predicted molar refractivity (Wildman–Crippen MR) is 70.4 cm³/mol. The highest BCUT2D eigenvalue weighted by Crippen LogP contribution is 2.23. The van der Waals surface area contributed by atoms with Crippen molar-refractivity contribution in [3.05, 3.63) is 34.1 Å². The van der Waals surface area contributed by atoms with E-state index in [0.29, 0.717) is 18.5 Å². The van der Waals surface area contributed by atoms with Gasteiger partial charge in [0.2, 0.25) is 0 Å². The fraction of sp³-hybridized carbons (Fsp3) is 0.538. The number of halogens is 5. The number of nitrogens with one attached hydrogen (secondary N) is 1. The van der Waals surface area contributed by atoms with Crippen LogP contribution in [0.3, 0.4) is 0 Å². The molecule has 0 aliphatic rings. The molecular weight excluding hydrogens is 326 g/mol. The Bertz CT molecular complexity index is 406. The van der Waals surface area contributed by atoms with E-state index in [1.54, 1.807) is 19.1 Å². The van der Waals surface area contributed by atoms with Crippen LogP contribution in [0.25, 0.3) is 0 Å². The smallest absolute Gasteiger partial charge is 0.310 e. The highest BCUT2D eigenvalue weighted by atomic mass is 79.9. The molecule has 1 unspecified atom stereocenters. The number of alkyl halides is 3. The van der Waals surface area contributed by atoms with Crippen LogP contribution in [-0.4, -0.2) is 12.7 Å². The van der Waals surface area contributed by atoms with E-state index in [0.717, 1.165) is 4.47 Å². The van der Waals surface area contributed by atoms with Crippen molar-refractivity contribution in [1.82, 2.24) is 5.32 Å². The lowest BCUT2D eigenvalue weighted by Crippen LogP contribution is -2.21. The molecule has 0 radical (unpaired) electrons. The molecule has 0 aromatic heterocycles. The van der Waals surface area contributed by atoms with Crippen LogP contribution in [0.2, 0.25) is 0 Å². The SMILES string of the molecule is CC(NCCCCC(F)(F)F)c1cc(Br)ccc1F. The summed E-state index contributed by atoms with van der Waals surface area (Å²) >= 11 is 3.26. The van der Waals surface area contributed by atoms with Gasteiger partial charge in [-0.3, -0.25) is 0 Å². The van der Waals surface area contributed by atoms with Gasteiger partial charge in [0, 0.05) is 22.5 Å². The highest BCUT2D eigenvalue weighted by molar-refractivity contribution is 9.10. The molecule has 0 aliphatic carbocycles.